The predicted molar refractivity (Wildman–Crippen MR) is 129 cm³/mol. The number of aliphatic imine (C=N–C) groups is 1. The van der Waals surface area contributed by atoms with Gasteiger partial charge in [-0.05, 0) is 31.4 Å². The van der Waals surface area contributed by atoms with Crippen LogP contribution in [0.1, 0.15) is 38.5 Å². The Kier molecular flexibility index (Phi) is 9.02. The third kappa shape index (κ3) is 5.47. The molecule has 2 atom stereocenters. The zero-order valence-corrected chi connectivity index (χ0v) is 20.5. The van der Waals surface area contributed by atoms with Gasteiger partial charge in [0.15, 0.2) is 5.96 Å². The molecule has 2 unspecified atom stereocenters. The van der Waals surface area contributed by atoms with Crippen LogP contribution in [0.5, 0.6) is 0 Å². The summed E-state index contributed by atoms with van der Waals surface area (Å²) >= 11 is 2.09. The van der Waals surface area contributed by atoms with Crippen molar-refractivity contribution in [2.45, 2.75) is 56.1 Å². The minimum Gasteiger partial charge on any atom is -0.379 e. The van der Waals surface area contributed by atoms with Gasteiger partial charge >= 0.3 is 0 Å². The predicted octanol–water partition coefficient (Wildman–Crippen LogP) is 1.99. The summed E-state index contributed by atoms with van der Waals surface area (Å²) in [6.45, 7) is 7.28. The molecule has 4 rings (SSSR count). The minimum atomic E-state index is 0. The summed E-state index contributed by atoms with van der Waals surface area (Å²) < 4.78 is 5.58. The van der Waals surface area contributed by atoms with E-state index in [9.17, 15) is 0 Å². The van der Waals surface area contributed by atoms with Gasteiger partial charge < -0.3 is 15.4 Å². The van der Waals surface area contributed by atoms with Crippen molar-refractivity contribution in [1.29, 1.82) is 0 Å². The van der Waals surface area contributed by atoms with Gasteiger partial charge in [0.1, 0.15) is 0 Å². The highest BCUT2D eigenvalue weighted by atomic mass is 127. The fourth-order valence-corrected chi connectivity index (χ4v) is 6.75. The lowest BCUT2D eigenvalue weighted by molar-refractivity contribution is -0.0120. The van der Waals surface area contributed by atoms with E-state index in [2.05, 4.69) is 37.2 Å². The summed E-state index contributed by atoms with van der Waals surface area (Å²) in [5.74, 6) is 3.47. The van der Waals surface area contributed by atoms with Gasteiger partial charge in [-0.15, -0.1) is 24.0 Å². The number of nitrogens with zero attached hydrogens (tertiary/aromatic N) is 3. The molecule has 0 aromatic rings. The van der Waals surface area contributed by atoms with Gasteiger partial charge in [0.05, 0.1) is 13.2 Å². The van der Waals surface area contributed by atoms with Crippen LogP contribution in [0, 0.1) is 0 Å². The van der Waals surface area contributed by atoms with E-state index in [0.717, 1.165) is 44.8 Å². The number of nitrogens with one attached hydrogen (secondary N) is 2. The van der Waals surface area contributed by atoms with Crippen molar-refractivity contribution in [1.82, 2.24) is 20.4 Å². The normalized spacial score (nSPS) is 33.2. The van der Waals surface area contributed by atoms with E-state index < -0.39 is 0 Å². The van der Waals surface area contributed by atoms with Gasteiger partial charge in [0.25, 0.3) is 0 Å². The van der Waals surface area contributed by atoms with Crippen molar-refractivity contribution in [3.05, 3.63) is 0 Å². The Morgan fingerprint density at radius 1 is 1.18 bits per heavy atom. The summed E-state index contributed by atoms with van der Waals surface area (Å²) in [7, 11) is 1.91. The number of hydrogen-bond acceptors (Lipinski definition) is 5. The second-order valence-corrected chi connectivity index (χ2v) is 9.72. The lowest BCUT2D eigenvalue weighted by Crippen LogP contribution is -2.60. The van der Waals surface area contributed by atoms with Crippen LogP contribution < -0.4 is 10.6 Å². The van der Waals surface area contributed by atoms with E-state index in [4.69, 9.17) is 4.74 Å². The van der Waals surface area contributed by atoms with Gasteiger partial charge in [0, 0.05) is 63.1 Å². The largest absolute Gasteiger partial charge is 0.379 e. The molecular weight excluding hydrogens is 485 g/mol. The monoisotopic (exact) mass is 523 g/mol. The molecule has 162 valence electrons. The second kappa shape index (κ2) is 11.0. The third-order valence-electron chi connectivity index (χ3n) is 6.97. The molecule has 3 saturated heterocycles. The molecule has 1 aliphatic carbocycles. The van der Waals surface area contributed by atoms with Gasteiger partial charge in [-0.25, -0.2) is 0 Å². The molecule has 4 aliphatic rings. The molecule has 3 heterocycles. The smallest absolute Gasteiger partial charge is 0.191 e. The molecule has 0 spiro atoms. The van der Waals surface area contributed by atoms with E-state index >= 15 is 0 Å². The molecule has 0 radical (unpaired) electrons. The summed E-state index contributed by atoms with van der Waals surface area (Å²) in [5.41, 5.74) is 0.262. The van der Waals surface area contributed by atoms with Crippen molar-refractivity contribution in [2.75, 3.05) is 64.5 Å². The van der Waals surface area contributed by atoms with E-state index in [-0.39, 0.29) is 29.5 Å². The maximum absolute atomic E-state index is 5.58. The number of thioether (sulfide) groups is 1. The first-order valence-electron chi connectivity index (χ1n) is 10.9. The summed E-state index contributed by atoms with van der Waals surface area (Å²) in [6.07, 6.45) is 8.15. The number of halogens is 1. The Hall–Kier alpha value is 0.230. The molecule has 6 nitrogen and oxygen atoms in total. The lowest BCUT2D eigenvalue weighted by Gasteiger charge is -2.43. The summed E-state index contributed by atoms with van der Waals surface area (Å²) in [5, 5.41) is 7.40. The minimum absolute atomic E-state index is 0. The van der Waals surface area contributed by atoms with E-state index in [1.807, 2.05) is 7.05 Å². The third-order valence-corrected chi connectivity index (χ3v) is 8.21. The zero-order chi connectivity index (χ0) is 18.5. The molecule has 4 fully saturated rings. The maximum atomic E-state index is 5.58. The molecule has 2 N–H and O–H groups in total. The first-order chi connectivity index (χ1) is 13.3. The highest BCUT2D eigenvalue weighted by molar-refractivity contribution is 14.0. The standard InChI is InChI=1S/C20H37N5OS.HI/c1-21-19(23-17-6-8-24(14-17)18-4-2-3-5-18)22-15-20(7-13-27-16-20)25-9-11-26-12-10-25;/h17-18H,2-16H2,1H3,(H2,21,22,23);1H. The summed E-state index contributed by atoms with van der Waals surface area (Å²) in [4.78, 5) is 9.91. The number of likely N-dealkylation sites (tertiary alicyclic amines) is 1. The van der Waals surface area contributed by atoms with Crippen LogP contribution in [-0.4, -0.2) is 97.9 Å². The molecule has 1 saturated carbocycles. The van der Waals surface area contributed by atoms with Crippen LogP contribution >= 0.6 is 35.7 Å². The van der Waals surface area contributed by atoms with Crippen molar-refractivity contribution >= 4 is 41.7 Å². The molecular formula is C20H38IN5OS. The topological polar surface area (TPSA) is 52.1 Å². The van der Waals surface area contributed by atoms with E-state index in [0.29, 0.717) is 6.04 Å². The number of ether oxygens (including phenoxy) is 1. The van der Waals surface area contributed by atoms with Gasteiger partial charge in [0.2, 0.25) is 0 Å². The van der Waals surface area contributed by atoms with Crippen LogP contribution in [0.3, 0.4) is 0 Å². The fourth-order valence-electron chi connectivity index (χ4n) is 5.28. The van der Waals surface area contributed by atoms with Gasteiger partial charge in [-0.1, -0.05) is 12.8 Å². The van der Waals surface area contributed by atoms with Crippen molar-refractivity contribution in [3.63, 3.8) is 0 Å². The number of guanidine groups is 1. The van der Waals surface area contributed by atoms with Crippen LogP contribution in [0.25, 0.3) is 0 Å². The Bertz CT molecular complexity index is 505. The first-order valence-corrected chi connectivity index (χ1v) is 12.1. The van der Waals surface area contributed by atoms with Crippen LogP contribution in [-0.2, 0) is 4.74 Å². The Morgan fingerprint density at radius 3 is 2.64 bits per heavy atom. The van der Waals surface area contributed by atoms with Gasteiger partial charge in [-0.3, -0.25) is 14.8 Å². The number of morpholine rings is 1. The van der Waals surface area contributed by atoms with Crippen LogP contribution in [0.2, 0.25) is 0 Å². The molecule has 3 aliphatic heterocycles. The van der Waals surface area contributed by atoms with Crippen molar-refractivity contribution < 1.29 is 4.74 Å². The molecule has 0 aromatic heterocycles. The Balaban J connectivity index is 0.00000225. The molecule has 0 amide bonds. The zero-order valence-electron chi connectivity index (χ0n) is 17.3. The SMILES string of the molecule is CN=C(NCC1(N2CCOCC2)CCSC1)NC1CCN(C2CCCC2)C1.I. The first kappa shape index (κ1) is 22.9. The Labute approximate surface area is 192 Å². The van der Waals surface area contributed by atoms with Crippen molar-refractivity contribution in [2.24, 2.45) is 4.99 Å². The molecule has 0 aromatic carbocycles. The van der Waals surface area contributed by atoms with Crippen LogP contribution in [0.4, 0.5) is 0 Å². The lowest BCUT2D eigenvalue weighted by atomic mass is 9.95. The maximum Gasteiger partial charge on any atom is 0.191 e. The average Bonchev–Trinajstić information content (AvgIpc) is 3.48. The second-order valence-electron chi connectivity index (χ2n) is 8.62. The van der Waals surface area contributed by atoms with E-state index in [1.165, 1.54) is 63.1 Å². The average molecular weight is 524 g/mol. The van der Waals surface area contributed by atoms with Gasteiger partial charge in [-0.2, -0.15) is 11.8 Å². The quantitative estimate of drug-likeness (QED) is 0.327. The van der Waals surface area contributed by atoms with E-state index in [1.54, 1.807) is 0 Å². The van der Waals surface area contributed by atoms with Crippen LogP contribution in [0.15, 0.2) is 4.99 Å². The molecule has 8 heteroatoms. The number of rotatable bonds is 5. The highest BCUT2D eigenvalue weighted by Gasteiger charge is 2.41. The Morgan fingerprint density at radius 2 is 1.96 bits per heavy atom. The molecule has 0 bridgehead atoms. The number of hydrogen-bond donors (Lipinski definition) is 2. The fraction of sp³-hybridized carbons (Fsp3) is 0.950. The van der Waals surface area contributed by atoms with Crippen molar-refractivity contribution in [3.8, 4) is 0 Å². The summed E-state index contributed by atoms with van der Waals surface area (Å²) in [6, 6.07) is 1.38. The highest BCUT2D eigenvalue weighted by Crippen LogP contribution is 2.33. The molecule has 28 heavy (non-hydrogen) atoms.